The Labute approximate surface area is 123 Å². The van der Waals surface area contributed by atoms with E-state index in [2.05, 4.69) is 27.4 Å². The van der Waals surface area contributed by atoms with Gasteiger partial charge in [-0.3, -0.25) is 4.90 Å². The van der Waals surface area contributed by atoms with Crippen molar-refractivity contribution >= 4 is 34.9 Å². The summed E-state index contributed by atoms with van der Waals surface area (Å²) in [4.78, 5) is 5.76. The quantitative estimate of drug-likeness (QED) is 0.870. The van der Waals surface area contributed by atoms with Gasteiger partial charge in [-0.25, -0.2) is 0 Å². The number of aromatic amines is 1. The molecular weight excluding hydrogens is 278 g/mol. The molecule has 1 fully saturated rings. The van der Waals surface area contributed by atoms with Crippen molar-refractivity contribution in [1.29, 1.82) is 0 Å². The van der Waals surface area contributed by atoms with Gasteiger partial charge >= 0.3 is 0 Å². The molecule has 2 aromatic rings. The first-order valence-electron chi connectivity index (χ1n) is 6.81. The molecule has 1 saturated heterocycles. The van der Waals surface area contributed by atoms with Crippen LogP contribution in [0.25, 0.3) is 11.0 Å². The minimum atomic E-state index is 0.592. The highest BCUT2D eigenvalue weighted by Gasteiger charge is 2.24. The monoisotopic (exact) mass is 295 g/mol. The maximum absolute atomic E-state index is 6.21. The third-order valence-corrected chi connectivity index (χ3v) is 4.70. The van der Waals surface area contributed by atoms with Gasteiger partial charge < -0.3 is 9.55 Å². The predicted octanol–water partition coefficient (Wildman–Crippen LogP) is 3.84. The molecular formula is C14H18ClN3S. The number of fused-ring (bicyclic) bond motifs is 1. The highest BCUT2D eigenvalue weighted by molar-refractivity contribution is 7.71. The van der Waals surface area contributed by atoms with Gasteiger partial charge in [-0.15, -0.1) is 0 Å². The first-order valence-corrected chi connectivity index (χ1v) is 7.60. The van der Waals surface area contributed by atoms with Crippen LogP contribution in [0.15, 0.2) is 18.2 Å². The van der Waals surface area contributed by atoms with Gasteiger partial charge in [0.25, 0.3) is 0 Å². The van der Waals surface area contributed by atoms with E-state index >= 15 is 0 Å². The summed E-state index contributed by atoms with van der Waals surface area (Å²) in [5, 5.41) is 0.737. The lowest BCUT2D eigenvalue weighted by atomic mass is 10.2. The molecule has 3 nitrogen and oxygen atoms in total. The molecule has 0 aliphatic carbocycles. The molecule has 1 atom stereocenters. The van der Waals surface area contributed by atoms with Crippen molar-refractivity contribution in [3.8, 4) is 0 Å². The summed E-state index contributed by atoms with van der Waals surface area (Å²) in [6.45, 7) is 5.50. The van der Waals surface area contributed by atoms with Gasteiger partial charge in [0.2, 0.25) is 0 Å². The summed E-state index contributed by atoms with van der Waals surface area (Å²) in [5.74, 6) is 0. The van der Waals surface area contributed by atoms with Gasteiger partial charge in [0.15, 0.2) is 4.77 Å². The molecule has 1 unspecified atom stereocenters. The fraction of sp³-hybridized carbons (Fsp3) is 0.500. The highest BCUT2D eigenvalue weighted by Crippen LogP contribution is 2.25. The number of hydrogen-bond donors (Lipinski definition) is 1. The molecule has 1 aromatic carbocycles. The molecule has 19 heavy (non-hydrogen) atoms. The smallest absolute Gasteiger partial charge is 0.178 e. The van der Waals surface area contributed by atoms with E-state index in [1.165, 1.54) is 19.4 Å². The fourth-order valence-electron chi connectivity index (χ4n) is 3.06. The third kappa shape index (κ3) is 2.33. The molecule has 1 N–H and O–H groups in total. The number of likely N-dealkylation sites (tertiary alicyclic amines) is 1. The molecule has 0 radical (unpaired) electrons. The van der Waals surface area contributed by atoms with Crippen LogP contribution < -0.4 is 0 Å². The number of nitrogens with zero attached hydrogens (tertiary/aromatic N) is 2. The zero-order valence-electron chi connectivity index (χ0n) is 11.0. The average Bonchev–Trinajstić information content (AvgIpc) is 2.97. The summed E-state index contributed by atoms with van der Waals surface area (Å²) in [5.41, 5.74) is 2.07. The molecule has 2 heterocycles. The van der Waals surface area contributed by atoms with Gasteiger partial charge in [-0.05, 0) is 50.3 Å². The normalized spacial score (nSPS) is 20.4. The van der Waals surface area contributed by atoms with Gasteiger partial charge in [0, 0.05) is 12.6 Å². The van der Waals surface area contributed by atoms with Crippen molar-refractivity contribution in [2.45, 2.75) is 32.4 Å². The Morgan fingerprint density at radius 2 is 2.32 bits per heavy atom. The molecule has 1 aliphatic heterocycles. The number of aromatic nitrogens is 2. The van der Waals surface area contributed by atoms with Crippen LogP contribution in [0.5, 0.6) is 0 Å². The van der Waals surface area contributed by atoms with Crippen LogP contribution in [0, 0.1) is 4.77 Å². The predicted molar refractivity (Wildman–Crippen MR) is 82.4 cm³/mol. The first kappa shape index (κ1) is 13.2. The number of benzene rings is 1. The Morgan fingerprint density at radius 3 is 3.11 bits per heavy atom. The Morgan fingerprint density at radius 1 is 1.47 bits per heavy atom. The van der Waals surface area contributed by atoms with Crippen molar-refractivity contribution in [3.05, 3.63) is 28.0 Å². The molecule has 3 rings (SSSR count). The second-order valence-electron chi connectivity index (χ2n) is 5.10. The van der Waals surface area contributed by atoms with E-state index in [9.17, 15) is 0 Å². The highest BCUT2D eigenvalue weighted by atomic mass is 35.5. The average molecular weight is 296 g/mol. The zero-order valence-corrected chi connectivity index (χ0v) is 12.6. The molecule has 1 aromatic heterocycles. The van der Waals surface area contributed by atoms with Crippen LogP contribution in [0.1, 0.15) is 19.8 Å². The number of hydrogen-bond acceptors (Lipinski definition) is 2. The minimum Gasteiger partial charge on any atom is -0.329 e. The molecule has 1 aliphatic rings. The topological polar surface area (TPSA) is 24.0 Å². The van der Waals surface area contributed by atoms with Crippen LogP contribution in [-0.2, 0) is 6.54 Å². The van der Waals surface area contributed by atoms with Crippen LogP contribution in [0.3, 0.4) is 0 Å². The van der Waals surface area contributed by atoms with E-state index in [-0.39, 0.29) is 0 Å². The van der Waals surface area contributed by atoms with Gasteiger partial charge in [0.1, 0.15) is 0 Å². The molecule has 0 bridgehead atoms. The minimum absolute atomic E-state index is 0.592. The second kappa shape index (κ2) is 5.27. The van der Waals surface area contributed by atoms with Crippen molar-refractivity contribution in [2.24, 2.45) is 0 Å². The molecule has 0 amide bonds. The maximum atomic E-state index is 6.21. The summed E-state index contributed by atoms with van der Waals surface area (Å²) >= 11 is 11.7. The Kier molecular flexibility index (Phi) is 3.65. The standard InChI is InChI=1S/C14H18ClN3S/c1-2-17-8-4-5-10(17)9-18-12-7-3-6-11(15)13(12)16-14(18)19/h3,6-7,10H,2,4-5,8-9H2,1H3,(H,16,19). The lowest BCUT2D eigenvalue weighted by molar-refractivity contribution is 0.245. The zero-order chi connectivity index (χ0) is 13.4. The lowest BCUT2D eigenvalue weighted by Crippen LogP contribution is -2.32. The number of likely N-dealkylation sites (N-methyl/N-ethyl adjacent to an activating group) is 1. The summed E-state index contributed by atoms with van der Waals surface area (Å²) < 4.78 is 2.96. The van der Waals surface area contributed by atoms with Crippen LogP contribution in [-0.4, -0.2) is 33.6 Å². The summed E-state index contributed by atoms with van der Waals surface area (Å²) in [7, 11) is 0. The number of para-hydroxylation sites is 1. The number of halogens is 1. The molecule has 0 saturated carbocycles. The number of rotatable bonds is 3. The summed E-state index contributed by atoms with van der Waals surface area (Å²) in [6.07, 6.45) is 2.54. The first-order chi connectivity index (χ1) is 9.20. The lowest BCUT2D eigenvalue weighted by Gasteiger charge is -2.23. The maximum Gasteiger partial charge on any atom is 0.178 e. The van der Waals surface area contributed by atoms with E-state index in [4.69, 9.17) is 23.8 Å². The number of nitrogens with one attached hydrogen (secondary N) is 1. The van der Waals surface area contributed by atoms with E-state index in [0.717, 1.165) is 33.9 Å². The number of H-pyrrole nitrogens is 1. The number of imidazole rings is 1. The summed E-state index contributed by atoms with van der Waals surface area (Å²) in [6, 6.07) is 6.55. The Balaban J connectivity index is 1.99. The molecule has 102 valence electrons. The van der Waals surface area contributed by atoms with E-state index in [0.29, 0.717) is 6.04 Å². The molecule has 0 spiro atoms. The van der Waals surface area contributed by atoms with Crippen molar-refractivity contribution in [2.75, 3.05) is 13.1 Å². The van der Waals surface area contributed by atoms with Gasteiger partial charge in [-0.1, -0.05) is 24.6 Å². The van der Waals surface area contributed by atoms with Crippen LogP contribution in [0.2, 0.25) is 5.02 Å². The Hall–Kier alpha value is -0.840. The molecule has 5 heteroatoms. The second-order valence-corrected chi connectivity index (χ2v) is 5.89. The largest absolute Gasteiger partial charge is 0.329 e. The van der Waals surface area contributed by atoms with E-state index < -0.39 is 0 Å². The Bertz CT molecular complexity index is 646. The fourth-order valence-corrected chi connectivity index (χ4v) is 3.55. The van der Waals surface area contributed by atoms with Crippen LogP contribution >= 0.6 is 23.8 Å². The van der Waals surface area contributed by atoms with Crippen molar-refractivity contribution in [3.63, 3.8) is 0 Å². The van der Waals surface area contributed by atoms with Crippen molar-refractivity contribution in [1.82, 2.24) is 14.5 Å². The third-order valence-electron chi connectivity index (χ3n) is 4.06. The van der Waals surface area contributed by atoms with Crippen LogP contribution in [0.4, 0.5) is 0 Å². The van der Waals surface area contributed by atoms with Crippen molar-refractivity contribution < 1.29 is 0 Å². The van der Waals surface area contributed by atoms with Gasteiger partial charge in [-0.2, -0.15) is 0 Å². The SMILES string of the molecule is CCN1CCCC1Cn1c(=S)[nH]c2c(Cl)cccc21. The van der Waals surface area contributed by atoms with E-state index in [1.807, 2.05) is 12.1 Å². The van der Waals surface area contributed by atoms with E-state index in [1.54, 1.807) is 0 Å². The van der Waals surface area contributed by atoms with Gasteiger partial charge in [0.05, 0.1) is 16.1 Å².